The number of benzene rings is 1. The zero-order valence-electron chi connectivity index (χ0n) is 16.6. The first kappa shape index (κ1) is 19.2. The molecule has 138 valence electrons. The van der Waals surface area contributed by atoms with E-state index in [1.54, 1.807) is 0 Å². The number of hydrogen-bond acceptors (Lipinski definition) is 2. The first-order valence-corrected chi connectivity index (χ1v) is 9.71. The molecule has 0 unspecified atom stereocenters. The topological polar surface area (TPSA) is 43.3 Å². The van der Waals surface area contributed by atoms with Crippen LogP contribution in [-0.4, -0.2) is 24.7 Å². The summed E-state index contributed by atoms with van der Waals surface area (Å²) in [5.41, 5.74) is 14.1. The SMILES string of the molecule is Bn1cccc1/C(CCN)=C1N=C(/C=C/c2ccc(CCC)cc2)C=C\1C. The van der Waals surface area contributed by atoms with Crippen LogP contribution in [-0.2, 0) is 6.42 Å². The lowest BCUT2D eigenvalue weighted by Gasteiger charge is -2.11. The quantitative estimate of drug-likeness (QED) is 0.748. The Labute approximate surface area is 163 Å². The maximum Gasteiger partial charge on any atom is 0.223 e. The number of aryl methyl sites for hydroxylation is 1. The lowest BCUT2D eigenvalue weighted by atomic mass is 10.0. The fraction of sp³-hybridized carbons (Fsp3) is 0.261. The summed E-state index contributed by atoms with van der Waals surface area (Å²) in [5.74, 6) is 0. The highest BCUT2D eigenvalue weighted by atomic mass is 14.9. The summed E-state index contributed by atoms with van der Waals surface area (Å²) in [6, 6.07) is 13.0. The Morgan fingerprint density at radius 3 is 2.59 bits per heavy atom. The van der Waals surface area contributed by atoms with Crippen LogP contribution in [0.5, 0.6) is 0 Å². The Morgan fingerprint density at radius 1 is 1.19 bits per heavy atom. The minimum atomic E-state index is 0.613. The number of rotatable bonds is 7. The van der Waals surface area contributed by atoms with Gasteiger partial charge in [-0.15, -0.1) is 0 Å². The van der Waals surface area contributed by atoms with E-state index in [-0.39, 0.29) is 0 Å². The predicted octanol–water partition coefficient (Wildman–Crippen LogP) is 4.01. The lowest BCUT2D eigenvalue weighted by molar-refractivity contribution is 0.922. The summed E-state index contributed by atoms with van der Waals surface area (Å²) < 4.78 is 2.13. The Balaban J connectivity index is 1.86. The molecule has 2 aromatic rings. The summed E-state index contributed by atoms with van der Waals surface area (Å²) in [6.45, 7) is 4.95. The van der Waals surface area contributed by atoms with E-state index in [1.807, 2.05) is 0 Å². The number of allylic oxidation sites excluding steroid dienone is 3. The normalized spacial score (nSPS) is 16.0. The second kappa shape index (κ2) is 8.87. The fourth-order valence-electron chi connectivity index (χ4n) is 3.48. The van der Waals surface area contributed by atoms with Gasteiger partial charge in [-0.1, -0.05) is 43.7 Å². The molecule has 3 nitrogen and oxygen atoms in total. The number of aromatic nitrogens is 1. The van der Waals surface area contributed by atoms with E-state index >= 15 is 0 Å². The molecule has 1 aromatic carbocycles. The molecule has 3 rings (SSSR count). The summed E-state index contributed by atoms with van der Waals surface area (Å²) >= 11 is 0. The molecule has 0 bridgehead atoms. The first-order chi connectivity index (χ1) is 13.1. The average molecular weight is 357 g/mol. The fourth-order valence-corrected chi connectivity index (χ4v) is 3.48. The summed E-state index contributed by atoms with van der Waals surface area (Å²) in [5, 5.41) is 0. The number of nitrogens with two attached hydrogens (primary N) is 1. The molecule has 0 fully saturated rings. The van der Waals surface area contributed by atoms with Crippen LogP contribution in [0.25, 0.3) is 11.6 Å². The standard InChI is InChI=1S/C23H28BN3/c1-3-5-18-7-9-19(10-8-18)11-12-20-16-17(2)23(26-20)21(13-14-25)22-6-4-15-27(22)24/h4,6-12,15-16H,3,5,13-14,24-25H2,1-2H3/b12-11+,23-21-. The molecule has 0 atom stereocenters. The van der Waals surface area contributed by atoms with Gasteiger partial charge in [0.05, 0.1) is 11.4 Å². The molecule has 4 heteroatoms. The molecular formula is C23H28BN3. The maximum atomic E-state index is 5.88. The largest absolute Gasteiger partial charge is 0.399 e. The molecule has 2 N–H and O–H groups in total. The van der Waals surface area contributed by atoms with Gasteiger partial charge in [-0.05, 0) is 73.5 Å². The highest BCUT2D eigenvalue weighted by molar-refractivity contribution is 6.11. The molecular weight excluding hydrogens is 329 g/mol. The van der Waals surface area contributed by atoms with E-state index in [1.165, 1.54) is 34.4 Å². The minimum Gasteiger partial charge on any atom is -0.399 e. The van der Waals surface area contributed by atoms with Gasteiger partial charge in [-0.3, -0.25) is 0 Å². The van der Waals surface area contributed by atoms with E-state index in [0.717, 1.165) is 24.3 Å². The van der Waals surface area contributed by atoms with Crippen molar-refractivity contribution in [2.75, 3.05) is 6.54 Å². The first-order valence-electron chi connectivity index (χ1n) is 9.71. The van der Waals surface area contributed by atoms with Crippen molar-refractivity contribution in [3.05, 3.63) is 82.8 Å². The number of hydrogen-bond donors (Lipinski definition) is 1. The van der Waals surface area contributed by atoms with E-state index in [4.69, 9.17) is 10.7 Å². The molecule has 0 radical (unpaired) electrons. The molecule has 0 amide bonds. The smallest absolute Gasteiger partial charge is 0.223 e. The molecule has 0 spiro atoms. The van der Waals surface area contributed by atoms with Crippen molar-refractivity contribution in [2.45, 2.75) is 33.1 Å². The van der Waals surface area contributed by atoms with E-state index < -0.39 is 0 Å². The van der Waals surface area contributed by atoms with Crippen molar-refractivity contribution in [1.82, 2.24) is 4.48 Å². The van der Waals surface area contributed by atoms with Crippen LogP contribution in [0.1, 0.15) is 43.5 Å². The van der Waals surface area contributed by atoms with Crippen LogP contribution in [0, 0.1) is 0 Å². The zero-order chi connectivity index (χ0) is 19.2. The van der Waals surface area contributed by atoms with Crippen LogP contribution in [0.3, 0.4) is 0 Å². The Kier molecular flexibility index (Phi) is 6.30. The average Bonchev–Trinajstić information content (AvgIpc) is 3.25. The van der Waals surface area contributed by atoms with Crippen LogP contribution < -0.4 is 5.73 Å². The highest BCUT2D eigenvalue weighted by Crippen LogP contribution is 2.30. The second-order valence-corrected chi connectivity index (χ2v) is 7.06. The molecule has 1 aliphatic heterocycles. The zero-order valence-corrected chi connectivity index (χ0v) is 16.6. The third kappa shape index (κ3) is 4.58. The van der Waals surface area contributed by atoms with Crippen molar-refractivity contribution in [2.24, 2.45) is 10.7 Å². The van der Waals surface area contributed by atoms with Gasteiger partial charge in [0, 0.05) is 11.3 Å². The third-order valence-electron chi connectivity index (χ3n) is 4.88. The van der Waals surface area contributed by atoms with Crippen molar-refractivity contribution in [1.29, 1.82) is 0 Å². The number of nitrogens with zero attached hydrogens (tertiary/aromatic N) is 2. The molecule has 2 heterocycles. The molecule has 27 heavy (non-hydrogen) atoms. The van der Waals surface area contributed by atoms with Gasteiger partial charge in [0.15, 0.2) is 0 Å². The summed E-state index contributed by atoms with van der Waals surface area (Å²) in [4.78, 5) is 4.90. The molecule has 0 aliphatic carbocycles. The minimum absolute atomic E-state index is 0.613. The lowest BCUT2D eigenvalue weighted by Crippen LogP contribution is -2.05. The molecule has 0 saturated heterocycles. The van der Waals surface area contributed by atoms with Crippen molar-refractivity contribution < 1.29 is 0 Å². The van der Waals surface area contributed by atoms with Crippen LogP contribution in [0.15, 0.2) is 71.0 Å². The van der Waals surface area contributed by atoms with Crippen molar-refractivity contribution >= 4 is 25.3 Å². The van der Waals surface area contributed by atoms with Gasteiger partial charge < -0.3 is 10.2 Å². The van der Waals surface area contributed by atoms with Crippen LogP contribution in [0.4, 0.5) is 0 Å². The van der Waals surface area contributed by atoms with Gasteiger partial charge in [0.2, 0.25) is 7.98 Å². The Bertz CT molecular complexity index is 911. The maximum absolute atomic E-state index is 5.88. The molecule has 1 aromatic heterocycles. The molecule has 0 saturated carbocycles. The molecule has 1 aliphatic rings. The van der Waals surface area contributed by atoms with Gasteiger partial charge in [-0.2, -0.15) is 0 Å². The van der Waals surface area contributed by atoms with Gasteiger partial charge in [0.1, 0.15) is 0 Å². The van der Waals surface area contributed by atoms with Crippen LogP contribution >= 0.6 is 0 Å². The monoisotopic (exact) mass is 357 g/mol. The van der Waals surface area contributed by atoms with E-state index in [0.29, 0.717) is 6.54 Å². The van der Waals surface area contributed by atoms with Gasteiger partial charge in [-0.25, -0.2) is 4.99 Å². The van der Waals surface area contributed by atoms with Gasteiger partial charge in [0.25, 0.3) is 0 Å². The third-order valence-corrected chi connectivity index (χ3v) is 4.88. The highest BCUT2D eigenvalue weighted by Gasteiger charge is 2.16. The van der Waals surface area contributed by atoms with E-state index in [2.05, 4.69) is 87.1 Å². The van der Waals surface area contributed by atoms with E-state index in [9.17, 15) is 0 Å². The predicted molar refractivity (Wildman–Crippen MR) is 120 cm³/mol. The van der Waals surface area contributed by atoms with Gasteiger partial charge >= 0.3 is 0 Å². The Morgan fingerprint density at radius 2 is 1.96 bits per heavy atom. The number of aliphatic imine (C=N–C) groups is 1. The van der Waals surface area contributed by atoms with Crippen molar-refractivity contribution in [3.8, 4) is 0 Å². The second-order valence-electron chi connectivity index (χ2n) is 7.06. The van der Waals surface area contributed by atoms with Crippen LogP contribution in [0.2, 0.25) is 0 Å². The van der Waals surface area contributed by atoms with Crippen molar-refractivity contribution in [3.63, 3.8) is 0 Å². The summed E-state index contributed by atoms with van der Waals surface area (Å²) in [7, 11) is 2.06. The Hall–Kier alpha value is -2.59. The summed E-state index contributed by atoms with van der Waals surface area (Å²) in [6.07, 6.45) is 11.6.